The highest BCUT2D eigenvalue weighted by Gasteiger charge is 2.34. The number of nitrogens with one attached hydrogen (secondary N) is 1. The van der Waals surface area contributed by atoms with Gasteiger partial charge in [0.1, 0.15) is 24.2 Å². The summed E-state index contributed by atoms with van der Waals surface area (Å²) in [5.74, 6) is 0.671. The lowest BCUT2D eigenvalue weighted by atomic mass is 9.91. The van der Waals surface area contributed by atoms with Crippen molar-refractivity contribution in [3.63, 3.8) is 0 Å². The molecule has 1 aromatic heterocycles. The first-order chi connectivity index (χ1) is 14.0. The SMILES string of the molecule is CCON=Cc1ccc(OC(c2ccc(C(F)(F)F)nn2)C2CCCNC2)cc1. The summed E-state index contributed by atoms with van der Waals surface area (Å²) >= 11 is 0. The van der Waals surface area contributed by atoms with E-state index in [2.05, 4.69) is 20.7 Å². The number of piperidine rings is 1. The maximum absolute atomic E-state index is 12.8. The number of aromatic nitrogens is 2. The van der Waals surface area contributed by atoms with Crippen molar-refractivity contribution in [1.82, 2.24) is 15.5 Å². The minimum absolute atomic E-state index is 0.0778. The highest BCUT2D eigenvalue weighted by Crippen LogP contribution is 2.33. The van der Waals surface area contributed by atoms with Crippen molar-refractivity contribution in [2.45, 2.75) is 32.0 Å². The second-order valence-electron chi connectivity index (χ2n) is 6.71. The molecule has 0 bridgehead atoms. The summed E-state index contributed by atoms with van der Waals surface area (Å²) in [6, 6.07) is 9.52. The Labute approximate surface area is 167 Å². The first-order valence-corrected chi connectivity index (χ1v) is 9.51. The maximum atomic E-state index is 12.8. The molecule has 6 nitrogen and oxygen atoms in total. The number of oxime groups is 1. The summed E-state index contributed by atoms with van der Waals surface area (Å²) in [5, 5.41) is 14.3. The molecular formula is C20H23F3N4O2. The quantitative estimate of drug-likeness (QED) is 0.554. The monoisotopic (exact) mass is 408 g/mol. The standard InChI is InChI=1S/C20H23F3N4O2/c1-2-28-25-12-14-5-7-16(8-6-14)29-19(15-4-3-11-24-13-15)17-9-10-18(27-26-17)20(21,22)23/h5-10,12,15,19,24H,2-4,11,13H2,1H3. The molecule has 0 radical (unpaired) electrons. The molecule has 0 spiro atoms. The minimum atomic E-state index is -4.52. The van der Waals surface area contributed by atoms with E-state index in [1.807, 2.05) is 19.1 Å². The second-order valence-corrected chi connectivity index (χ2v) is 6.71. The van der Waals surface area contributed by atoms with Gasteiger partial charge in [0.05, 0.1) is 6.21 Å². The third kappa shape index (κ3) is 5.90. The second kappa shape index (κ2) is 9.69. The number of hydrogen-bond acceptors (Lipinski definition) is 6. The molecule has 3 rings (SSSR count). The topological polar surface area (TPSA) is 68.6 Å². The smallest absolute Gasteiger partial charge is 0.435 e. The Kier molecular flexibility index (Phi) is 7.03. The van der Waals surface area contributed by atoms with Gasteiger partial charge in [0.15, 0.2) is 5.69 Å². The average Bonchev–Trinajstić information content (AvgIpc) is 2.73. The third-order valence-corrected chi connectivity index (χ3v) is 4.58. The van der Waals surface area contributed by atoms with Gasteiger partial charge in [-0.15, -0.1) is 5.10 Å². The molecule has 2 atom stereocenters. The molecule has 2 aromatic rings. The van der Waals surface area contributed by atoms with Gasteiger partial charge < -0.3 is 14.9 Å². The van der Waals surface area contributed by atoms with Gasteiger partial charge in [0.25, 0.3) is 0 Å². The Bertz CT molecular complexity index is 789. The van der Waals surface area contributed by atoms with Gasteiger partial charge in [-0.1, -0.05) is 5.16 Å². The Hall–Kier alpha value is -2.68. The molecule has 1 aromatic carbocycles. The van der Waals surface area contributed by atoms with E-state index in [1.165, 1.54) is 6.07 Å². The van der Waals surface area contributed by atoms with Crippen LogP contribution in [0.1, 0.15) is 42.8 Å². The van der Waals surface area contributed by atoms with Crippen molar-refractivity contribution in [3.8, 4) is 5.75 Å². The van der Waals surface area contributed by atoms with Gasteiger partial charge in [-0.05, 0) is 68.3 Å². The molecule has 1 aliphatic heterocycles. The molecule has 1 aliphatic rings. The zero-order chi connectivity index (χ0) is 20.7. The van der Waals surface area contributed by atoms with Crippen LogP contribution in [0.15, 0.2) is 41.6 Å². The predicted octanol–water partition coefficient (Wildman–Crippen LogP) is 3.99. The number of ether oxygens (including phenoxy) is 1. The van der Waals surface area contributed by atoms with E-state index in [0.717, 1.165) is 31.0 Å². The molecule has 1 saturated heterocycles. The first-order valence-electron chi connectivity index (χ1n) is 9.51. The summed E-state index contributed by atoms with van der Waals surface area (Å²) in [6.07, 6.45) is -1.57. The van der Waals surface area contributed by atoms with Crippen molar-refractivity contribution < 1.29 is 22.7 Å². The zero-order valence-electron chi connectivity index (χ0n) is 16.0. The number of benzene rings is 1. The van der Waals surface area contributed by atoms with Crippen LogP contribution in [0.25, 0.3) is 0 Å². The maximum Gasteiger partial charge on any atom is 0.435 e. The lowest BCUT2D eigenvalue weighted by molar-refractivity contribution is -0.141. The molecule has 2 unspecified atom stereocenters. The van der Waals surface area contributed by atoms with Gasteiger partial charge in [-0.25, -0.2) is 0 Å². The Morgan fingerprint density at radius 1 is 1.21 bits per heavy atom. The highest BCUT2D eigenvalue weighted by atomic mass is 19.4. The van der Waals surface area contributed by atoms with Crippen molar-refractivity contribution >= 4 is 6.21 Å². The molecule has 1 N–H and O–H groups in total. The summed E-state index contributed by atoms with van der Waals surface area (Å²) < 4.78 is 44.6. The van der Waals surface area contributed by atoms with Crippen LogP contribution in [0.5, 0.6) is 5.75 Å². The van der Waals surface area contributed by atoms with Crippen molar-refractivity contribution in [2.24, 2.45) is 11.1 Å². The summed E-state index contributed by atoms with van der Waals surface area (Å²) in [5.41, 5.74) is 0.212. The molecule has 29 heavy (non-hydrogen) atoms. The normalized spacial score (nSPS) is 18.6. The van der Waals surface area contributed by atoms with E-state index in [-0.39, 0.29) is 5.92 Å². The summed E-state index contributed by atoms with van der Waals surface area (Å²) in [4.78, 5) is 4.94. The molecule has 0 aliphatic carbocycles. The van der Waals surface area contributed by atoms with Crippen LogP contribution in [0.3, 0.4) is 0 Å². The van der Waals surface area contributed by atoms with Gasteiger partial charge >= 0.3 is 6.18 Å². The number of halogens is 3. The van der Waals surface area contributed by atoms with Gasteiger partial charge in [-0.3, -0.25) is 0 Å². The number of alkyl halides is 3. The van der Waals surface area contributed by atoms with Crippen molar-refractivity contribution in [3.05, 3.63) is 53.3 Å². The number of hydrogen-bond donors (Lipinski definition) is 1. The third-order valence-electron chi connectivity index (χ3n) is 4.58. The summed E-state index contributed by atoms with van der Waals surface area (Å²) in [7, 11) is 0. The van der Waals surface area contributed by atoms with E-state index < -0.39 is 18.0 Å². The molecule has 2 heterocycles. The van der Waals surface area contributed by atoms with Crippen LogP contribution in [-0.2, 0) is 11.0 Å². The van der Waals surface area contributed by atoms with Crippen LogP contribution in [-0.4, -0.2) is 36.1 Å². The molecule has 0 saturated carbocycles. The Morgan fingerprint density at radius 3 is 2.59 bits per heavy atom. The van der Waals surface area contributed by atoms with Crippen LogP contribution in [0.4, 0.5) is 13.2 Å². The fraction of sp³-hybridized carbons (Fsp3) is 0.450. The average molecular weight is 408 g/mol. The van der Waals surface area contributed by atoms with E-state index in [4.69, 9.17) is 9.57 Å². The van der Waals surface area contributed by atoms with Gasteiger partial charge in [0, 0.05) is 12.5 Å². The van der Waals surface area contributed by atoms with Crippen LogP contribution >= 0.6 is 0 Å². The molecule has 0 amide bonds. The molecule has 156 valence electrons. The number of rotatable bonds is 7. The van der Waals surface area contributed by atoms with E-state index in [1.54, 1.807) is 18.3 Å². The summed E-state index contributed by atoms with van der Waals surface area (Å²) in [6.45, 7) is 3.95. The lowest BCUT2D eigenvalue weighted by Crippen LogP contribution is -2.35. The molecule has 9 heteroatoms. The van der Waals surface area contributed by atoms with Crippen LogP contribution in [0, 0.1) is 5.92 Å². The van der Waals surface area contributed by atoms with Gasteiger partial charge in [0.2, 0.25) is 0 Å². The lowest BCUT2D eigenvalue weighted by Gasteiger charge is -2.30. The Balaban J connectivity index is 1.79. The minimum Gasteiger partial charge on any atom is -0.484 e. The Morgan fingerprint density at radius 2 is 2.00 bits per heavy atom. The van der Waals surface area contributed by atoms with E-state index in [0.29, 0.717) is 24.6 Å². The fourth-order valence-corrected chi connectivity index (χ4v) is 3.13. The predicted molar refractivity (Wildman–Crippen MR) is 102 cm³/mol. The van der Waals surface area contributed by atoms with Crippen molar-refractivity contribution in [2.75, 3.05) is 19.7 Å². The molecular weight excluding hydrogens is 385 g/mol. The largest absolute Gasteiger partial charge is 0.484 e. The van der Waals surface area contributed by atoms with E-state index >= 15 is 0 Å². The fourth-order valence-electron chi connectivity index (χ4n) is 3.13. The van der Waals surface area contributed by atoms with Gasteiger partial charge in [-0.2, -0.15) is 18.3 Å². The van der Waals surface area contributed by atoms with Crippen LogP contribution in [0.2, 0.25) is 0 Å². The zero-order valence-corrected chi connectivity index (χ0v) is 16.0. The van der Waals surface area contributed by atoms with Crippen molar-refractivity contribution in [1.29, 1.82) is 0 Å². The van der Waals surface area contributed by atoms with Crippen LogP contribution < -0.4 is 10.1 Å². The van der Waals surface area contributed by atoms with E-state index in [9.17, 15) is 13.2 Å². The highest BCUT2D eigenvalue weighted by molar-refractivity contribution is 5.79. The number of nitrogens with zero attached hydrogens (tertiary/aromatic N) is 3. The molecule has 1 fully saturated rings. The first kappa shape index (κ1) is 21.0.